The third kappa shape index (κ3) is 4.59. The first-order valence-electron chi connectivity index (χ1n) is 10.8. The molecule has 9 heteroatoms. The minimum atomic E-state index is -0.558. The van der Waals surface area contributed by atoms with Crippen molar-refractivity contribution in [1.82, 2.24) is 9.88 Å². The molecule has 0 aliphatic carbocycles. The Kier molecular flexibility index (Phi) is 5.36. The molecule has 2 aliphatic heterocycles. The molecule has 1 N–H and O–H groups in total. The first-order chi connectivity index (χ1) is 15.7. The Morgan fingerprint density at radius 3 is 2.70 bits per heavy atom. The Hall–Kier alpha value is -3.33. The van der Waals surface area contributed by atoms with Crippen molar-refractivity contribution >= 4 is 38.7 Å². The van der Waals surface area contributed by atoms with Crippen molar-refractivity contribution in [1.29, 1.82) is 0 Å². The number of carbonyl (C=O) groups excluding carboxylic acids is 2. The van der Waals surface area contributed by atoms with E-state index < -0.39 is 5.60 Å². The minimum absolute atomic E-state index is 0.129. The van der Waals surface area contributed by atoms with E-state index in [9.17, 15) is 9.59 Å². The van der Waals surface area contributed by atoms with Gasteiger partial charge in [-0.2, -0.15) is 0 Å². The lowest BCUT2D eigenvalue weighted by Crippen LogP contribution is -2.36. The van der Waals surface area contributed by atoms with Crippen molar-refractivity contribution in [2.45, 2.75) is 32.8 Å². The molecule has 0 bridgehead atoms. The molecule has 8 nitrogen and oxygen atoms in total. The van der Waals surface area contributed by atoms with E-state index in [0.29, 0.717) is 24.6 Å². The molecule has 172 valence electrons. The fourth-order valence-corrected chi connectivity index (χ4v) is 4.76. The van der Waals surface area contributed by atoms with Crippen LogP contribution in [-0.4, -0.2) is 47.4 Å². The van der Waals surface area contributed by atoms with Crippen LogP contribution in [0, 0.1) is 5.92 Å². The van der Waals surface area contributed by atoms with Crippen LogP contribution < -0.4 is 14.8 Å². The van der Waals surface area contributed by atoms with Crippen LogP contribution >= 0.6 is 11.3 Å². The lowest BCUT2D eigenvalue weighted by Gasteiger charge is -2.24. The molecule has 2 aromatic carbocycles. The molecule has 1 atom stereocenters. The average Bonchev–Trinajstić information content (AvgIpc) is 3.49. The Morgan fingerprint density at radius 2 is 1.88 bits per heavy atom. The standard InChI is InChI=1S/C24H25N3O5S/c1-24(2,3)32-23(29)27-9-8-16(12-27)21(28)26-22-25-17-10-14(5-7-20(17)33-22)15-4-6-18-19(11-15)31-13-30-18/h4-7,10-11,16H,8-9,12-13H2,1-3H3,(H,25,26,28)/t16-/m0/s1. The first kappa shape index (κ1) is 21.5. The number of nitrogens with zero attached hydrogens (tertiary/aromatic N) is 2. The van der Waals surface area contributed by atoms with E-state index in [0.717, 1.165) is 32.8 Å². The summed E-state index contributed by atoms with van der Waals surface area (Å²) in [6, 6.07) is 11.9. The lowest BCUT2D eigenvalue weighted by atomic mass is 10.0. The minimum Gasteiger partial charge on any atom is -0.454 e. The van der Waals surface area contributed by atoms with Crippen LogP contribution in [0.3, 0.4) is 0 Å². The molecule has 1 saturated heterocycles. The summed E-state index contributed by atoms with van der Waals surface area (Å²) in [5.41, 5.74) is 2.27. The molecular formula is C24H25N3O5S. The van der Waals surface area contributed by atoms with Gasteiger partial charge in [-0.25, -0.2) is 9.78 Å². The van der Waals surface area contributed by atoms with E-state index in [-0.39, 0.29) is 24.7 Å². The van der Waals surface area contributed by atoms with E-state index in [2.05, 4.69) is 10.3 Å². The number of fused-ring (bicyclic) bond motifs is 2. The summed E-state index contributed by atoms with van der Waals surface area (Å²) in [5.74, 6) is 1.07. The molecule has 0 radical (unpaired) electrons. The molecule has 0 saturated carbocycles. The number of rotatable bonds is 3. The van der Waals surface area contributed by atoms with Gasteiger partial charge < -0.3 is 24.4 Å². The van der Waals surface area contributed by atoms with Crippen LogP contribution in [0.4, 0.5) is 9.93 Å². The zero-order chi connectivity index (χ0) is 23.2. The second kappa shape index (κ2) is 8.22. The highest BCUT2D eigenvalue weighted by Gasteiger charge is 2.33. The third-order valence-electron chi connectivity index (χ3n) is 5.53. The predicted octanol–water partition coefficient (Wildman–Crippen LogP) is 4.89. The van der Waals surface area contributed by atoms with Crippen LogP contribution in [0.5, 0.6) is 11.5 Å². The topological polar surface area (TPSA) is 90.0 Å². The van der Waals surface area contributed by atoms with Gasteiger partial charge in [0.25, 0.3) is 0 Å². The van der Waals surface area contributed by atoms with Gasteiger partial charge in [-0.1, -0.05) is 23.5 Å². The van der Waals surface area contributed by atoms with E-state index in [4.69, 9.17) is 14.2 Å². The Balaban J connectivity index is 1.26. The predicted molar refractivity (Wildman–Crippen MR) is 126 cm³/mol. The van der Waals surface area contributed by atoms with E-state index in [1.54, 1.807) is 4.90 Å². The summed E-state index contributed by atoms with van der Waals surface area (Å²) < 4.78 is 17.2. The van der Waals surface area contributed by atoms with Gasteiger partial charge in [-0.05, 0) is 62.6 Å². The van der Waals surface area contributed by atoms with Crippen molar-refractivity contribution < 1.29 is 23.8 Å². The summed E-state index contributed by atoms with van der Waals surface area (Å²) in [6.45, 7) is 6.58. The molecule has 2 amide bonds. The van der Waals surface area contributed by atoms with Crippen LogP contribution in [0.25, 0.3) is 21.3 Å². The Morgan fingerprint density at radius 1 is 1.12 bits per heavy atom. The highest BCUT2D eigenvalue weighted by atomic mass is 32.1. The maximum absolute atomic E-state index is 12.8. The highest BCUT2D eigenvalue weighted by molar-refractivity contribution is 7.22. The van der Waals surface area contributed by atoms with Crippen molar-refractivity contribution in [3.05, 3.63) is 36.4 Å². The highest BCUT2D eigenvalue weighted by Crippen LogP contribution is 2.37. The normalized spacial score (nSPS) is 17.4. The van der Waals surface area contributed by atoms with Gasteiger partial charge in [0.05, 0.1) is 16.1 Å². The van der Waals surface area contributed by atoms with Gasteiger partial charge in [0.15, 0.2) is 16.6 Å². The smallest absolute Gasteiger partial charge is 0.410 e. The molecule has 1 aromatic heterocycles. The molecule has 1 fully saturated rings. The zero-order valence-electron chi connectivity index (χ0n) is 18.7. The fourth-order valence-electron chi connectivity index (χ4n) is 3.91. The molecule has 0 unspecified atom stereocenters. The molecule has 3 heterocycles. The molecule has 0 spiro atoms. The quantitative estimate of drug-likeness (QED) is 0.590. The van der Waals surface area contributed by atoms with Gasteiger partial charge >= 0.3 is 6.09 Å². The number of likely N-dealkylation sites (tertiary alicyclic amines) is 1. The summed E-state index contributed by atoms with van der Waals surface area (Å²) in [5, 5.41) is 3.48. The van der Waals surface area contributed by atoms with Gasteiger partial charge in [0, 0.05) is 13.1 Å². The van der Waals surface area contributed by atoms with Crippen LogP contribution in [-0.2, 0) is 9.53 Å². The number of hydrogen-bond acceptors (Lipinski definition) is 7. The van der Waals surface area contributed by atoms with E-state index in [1.165, 1.54) is 11.3 Å². The maximum atomic E-state index is 12.8. The summed E-state index contributed by atoms with van der Waals surface area (Å²) in [7, 11) is 0. The number of amides is 2. The number of nitrogens with one attached hydrogen (secondary N) is 1. The number of benzene rings is 2. The largest absolute Gasteiger partial charge is 0.454 e. The maximum Gasteiger partial charge on any atom is 0.410 e. The lowest BCUT2D eigenvalue weighted by molar-refractivity contribution is -0.119. The van der Waals surface area contributed by atoms with Gasteiger partial charge in [0.1, 0.15) is 5.60 Å². The Bertz CT molecular complexity index is 1230. The molecule has 33 heavy (non-hydrogen) atoms. The van der Waals surface area contributed by atoms with Gasteiger partial charge in [0.2, 0.25) is 12.7 Å². The number of carbonyl (C=O) groups is 2. The van der Waals surface area contributed by atoms with Gasteiger partial charge in [-0.15, -0.1) is 0 Å². The summed E-state index contributed by atoms with van der Waals surface area (Å²) >= 11 is 1.43. The number of aromatic nitrogens is 1. The summed E-state index contributed by atoms with van der Waals surface area (Å²) in [4.78, 5) is 31.3. The second-order valence-electron chi connectivity index (χ2n) is 9.17. The van der Waals surface area contributed by atoms with E-state index >= 15 is 0 Å². The number of anilines is 1. The number of hydrogen-bond donors (Lipinski definition) is 1. The van der Waals surface area contributed by atoms with Crippen molar-refractivity contribution in [2.24, 2.45) is 5.92 Å². The first-order valence-corrected chi connectivity index (χ1v) is 11.7. The SMILES string of the molecule is CC(C)(C)OC(=O)N1CC[C@H](C(=O)Nc2nc3cc(-c4ccc5c(c4)OCO5)ccc3s2)C1. The van der Waals surface area contributed by atoms with Crippen molar-refractivity contribution in [3.63, 3.8) is 0 Å². The zero-order valence-corrected chi connectivity index (χ0v) is 19.5. The second-order valence-corrected chi connectivity index (χ2v) is 10.2. The monoisotopic (exact) mass is 467 g/mol. The van der Waals surface area contributed by atoms with Crippen LogP contribution in [0.2, 0.25) is 0 Å². The summed E-state index contributed by atoms with van der Waals surface area (Å²) in [6.07, 6.45) is 0.221. The van der Waals surface area contributed by atoms with Crippen LogP contribution in [0.15, 0.2) is 36.4 Å². The van der Waals surface area contributed by atoms with Crippen molar-refractivity contribution in [2.75, 3.05) is 25.2 Å². The Labute approximate surface area is 195 Å². The molecular weight excluding hydrogens is 442 g/mol. The number of ether oxygens (including phenoxy) is 3. The van der Waals surface area contributed by atoms with Crippen molar-refractivity contribution in [3.8, 4) is 22.6 Å². The fraction of sp³-hybridized carbons (Fsp3) is 0.375. The van der Waals surface area contributed by atoms with Gasteiger partial charge in [-0.3, -0.25) is 4.79 Å². The molecule has 3 aromatic rings. The average molecular weight is 468 g/mol. The van der Waals surface area contributed by atoms with E-state index in [1.807, 2.05) is 57.2 Å². The van der Waals surface area contributed by atoms with Crippen LogP contribution in [0.1, 0.15) is 27.2 Å². The number of thiazole rings is 1. The third-order valence-corrected chi connectivity index (χ3v) is 6.49. The molecule has 5 rings (SSSR count). The molecule has 2 aliphatic rings.